The smallest absolute Gasteiger partial charge is 0.321 e. The fourth-order valence-corrected chi connectivity index (χ4v) is 2.78. The molecule has 0 fully saturated rings. The average molecular weight is 404 g/mol. The molecule has 0 spiro atoms. The van der Waals surface area contributed by atoms with Gasteiger partial charge in [-0.25, -0.2) is 9.47 Å². The highest BCUT2D eigenvalue weighted by molar-refractivity contribution is 7.99. The Balaban J connectivity index is 1.83. The number of hydrogen-bond acceptors (Lipinski definition) is 7. The first kappa shape index (κ1) is 21.3. The highest BCUT2D eigenvalue weighted by Gasteiger charge is 2.14. The number of amides is 3. The van der Waals surface area contributed by atoms with Gasteiger partial charge in [0.2, 0.25) is 11.1 Å². The Bertz CT molecular complexity index is 819. The predicted molar refractivity (Wildman–Crippen MR) is 107 cm³/mol. The van der Waals surface area contributed by atoms with Crippen LogP contribution in [0.25, 0.3) is 0 Å². The number of thioether (sulfide) groups is 1. The summed E-state index contributed by atoms with van der Waals surface area (Å²) in [6, 6.07) is 7.22. The SMILES string of the molecule is C=CCNC(=O)NC(=O)CSc1nnc(COc2ccc(C(C)C)cc2)n1N. The second-order valence-electron chi connectivity index (χ2n) is 6.12. The first-order chi connectivity index (χ1) is 13.4. The van der Waals surface area contributed by atoms with Gasteiger partial charge in [-0.05, 0) is 23.6 Å². The molecule has 150 valence electrons. The zero-order valence-electron chi connectivity index (χ0n) is 15.8. The topological polar surface area (TPSA) is 124 Å². The number of ether oxygens (including phenoxy) is 1. The predicted octanol–water partition coefficient (Wildman–Crippen LogP) is 1.80. The van der Waals surface area contributed by atoms with E-state index in [0.717, 1.165) is 11.8 Å². The Labute approximate surface area is 167 Å². The van der Waals surface area contributed by atoms with Crippen LogP contribution < -0.4 is 21.2 Å². The summed E-state index contributed by atoms with van der Waals surface area (Å²) in [4.78, 5) is 23.2. The Hall–Kier alpha value is -3.01. The van der Waals surface area contributed by atoms with Crippen LogP contribution >= 0.6 is 11.8 Å². The van der Waals surface area contributed by atoms with Crippen LogP contribution in [0.2, 0.25) is 0 Å². The molecule has 0 radical (unpaired) electrons. The van der Waals surface area contributed by atoms with Crippen molar-refractivity contribution < 1.29 is 14.3 Å². The van der Waals surface area contributed by atoms with Crippen molar-refractivity contribution >= 4 is 23.7 Å². The highest BCUT2D eigenvalue weighted by Crippen LogP contribution is 2.20. The molecular weight excluding hydrogens is 380 g/mol. The number of rotatable bonds is 9. The molecule has 0 aliphatic rings. The van der Waals surface area contributed by atoms with E-state index in [2.05, 4.69) is 41.3 Å². The summed E-state index contributed by atoms with van der Waals surface area (Å²) in [6.45, 7) is 8.13. The van der Waals surface area contributed by atoms with Gasteiger partial charge in [-0.3, -0.25) is 10.1 Å². The molecule has 0 saturated carbocycles. The number of imide groups is 1. The third kappa shape index (κ3) is 6.31. The number of nitrogens with one attached hydrogen (secondary N) is 2. The summed E-state index contributed by atoms with van der Waals surface area (Å²) in [5, 5.41) is 12.9. The van der Waals surface area contributed by atoms with E-state index in [1.807, 2.05) is 24.3 Å². The van der Waals surface area contributed by atoms with E-state index in [0.29, 0.717) is 22.6 Å². The highest BCUT2D eigenvalue weighted by atomic mass is 32.2. The van der Waals surface area contributed by atoms with Crippen molar-refractivity contribution in [1.82, 2.24) is 25.5 Å². The number of benzene rings is 1. The van der Waals surface area contributed by atoms with Gasteiger partial charge in [0, 0.05) is 6.54 Å². The summed E-state index contributed by atoms with van der Waals surface area (Å²) in [6.07, 6.45) is 1.51. The Morgan fingerprint density at radius 2 is 2.04 bits per heavy atom. The lowest BCUT2D eigenvalue weighted by atomic mass is 10.0. The van der Waals surface area contributed by atoms with Crippen LogP contribution in [0.15, 0.2) is 42.1 Å². The van der Waals surface area contributed by atoms with E-state index in [1.165, 1.54) is 16.3 Å². The number of carbonyl (C=O) groups is 2. The van der Waals surface area contributed by atoms with E-state index >= 15 is 0 Å². The lowest BCUT2D eigenvalue weighted by Gasteiger charge is -2.09. The minimum absolute atomic E-state index is 0.0334. The molecule has 0 bridgehead atoms. The third-order valence-corrected chi connectivity index (χ3v) is 4.59. The minimum atomic E-state index is -0.586. The molecule has 0 aliphatic carbocycles. The van der Waals surface area contributed by atoms with E-state index in [4.69, 9.17) is 10.6 Å². The molecule has 1 aromatic carbocycles. The van der Waals surface area contributed by atoms with Crippen molar-refractivity contribution in [3.8, 4) is 5.75 Å². The number of carbonyl (C=O) groups excluding carboxylic acids is 2. The summed E-state index contributed by atoms with van der Waals surface area (Å²) in [7, 11) is 0. The maximum absolute atomic E-state index is 11.8. The number of urea groups is 1. The summed E-state index contributed by atoms with van der Waals surface area (Å²) in [5.74, 6) is 7.01. The standard InChI is InChI=1S/C18H24N6O3S/c1-4-9-20-17(26)21-16(25)11-28-18-23-22-15(24(18)19)10-27-14-7-5-13(6-8-14)12(2)3/h4-8,12H,1,9-11,19H2,2-3H3,(H2,20,21,25,26). The molecule has 3 amide bonds. The van der Waals surface area contributed by atoms with Crippen molar-refractivity contribution in [3.05, 3.63) is 48.3 Å². The van der Waals surface area contributed by atoms with Gasteiger partial charge >= 0.3 is 6.03 Å². The first-order valence-electron chi connectivity index (χ1n) is 8.64. The Kier molecular flexibility index (Phi) is 7.88. The largest absolute Gasteiger partial charge is 0.486 e. The van der Waals surface area contributed by atoms with E-state index in [9.17, 15) is 9.59 Å². The molecule has 9 nitrogen and oxygen atoms in total. The summed E-state index contributed by atoms with van der Waals surface area (Å²) in [5.41, 5.74) is 1.23. The van der Waals surface area contributed by atoms with Crippen LogP contribution in [0.4, 0.5) is 4.79 Å². The number of aromatic nitrogens is 3. The molecular formula is C18H24N6O3S. The molecule has 0 unspecified atom stereocenters. The van der Waals surface area contributed by atoms with Crippen molar-refractivity contribution in [2.45, 2.75) is 31.5 Å². The van der Waals surface area contributed by atoms with Gasteiger partial charge in [0.15, 0.2) is 5.82 Å². The summed E-state index contributed by atoms with van der Waals surface area (Å²) < 4.78 is 6.95. The maximum Gasteiger partial charge on any atom is 0.321 e. The van der Waals surface area contributed by atoms with E-state index in [1.54, 1.807) is 0 Å². The molecule has 2 aromatic rings. The van der Waals surface area contributed by atoms with Crippen LogP contribution in [-0.2, 0) is 11.4 Å². The molecule has 28 heavy (non-hydrogen) atoms. The van der Waals surface area contributed by atoms with Gasteiger partial charge in [-0.1, -0.05) is 43.8 Å². The van der Waals surface area contributed by atoms with Crippen molar-refractivity contribution in [3.63, 3.8) is 0 Å². The average Bonchev–Trinajstić information content (AvgIpc) is 3.03. The van der Waals surface area contributed by atoms with Gasteiger partial charge in [0.05, 0.1) is 5.75 Å². The second-order valence-corrected chi connectivity index (χ2v) is 7.06. The monoisotopic (exact) mass is 404 g/mol. The normalized spacial score (nSPS) is 10.5. The van der Waals surface area contributed by atoms with Crippen LogP contribution in [0.1, 0.15) is 31.2 Å². The van der Waals surface area contributed by atoms with Gasteiger partial charge in [-0.2, -0.15) is 0 Å². The zero-order valence-corrected chi connectivity index (χ0v) is 16.7. The van der Waals surface area contributed by atoms with Gasteiger partial charge < -0.3 is 15.9 Å². The minimum Gasteiger partial charge on any atom is -0.486 e. The van der Waals surface area contributed by atoms with Gasteiger partial charge in [0.25, 0.3) is 0 Å². The number of nitrogens with two attached hydrogens (primary N) is 1. The Morgan fingerprint density at radius 1 is 1.32 bits per heavy atom. The molecule has 2 rings (SSSR count). The fraction of sp³-hybridized carbons (Fsp3) is 0.333. The van der Waals surface area contributed by atoms with Crippen LogP contribution in [-0.4, -0.2) is 39.1 Å². The number of hydrogen-bond donors (Lipinski definition) is 3. The molecule has 4 N–H and O–H groups in total. The second kappa shape index (κ2) is 10.4. The zero-order chi connectivity index (χ0) is 20.5. The molecule has 0 atom stereocenters. The lowest BCUT2D eigenvalue weighted by molar-refractivity contribution is -0.117. The van der Waals surface area contributed by atoms with Crippen molar-refractivity contribution in [2.75, 3.05) is 18.1 Å². The Morgan fingerprint density at radius 3 is 2.68 bits per heavy atom. The molecule has 0 aliphatic heterocycles. The molecule has 0 saturated heterocycles. The van der Waals surface area contributed by atoms with E-state index < -0.39 is 11.9 Å². The summed E-state index contributed by atoms with van der Waals surface area (Å²) >= 11 is 1.07. The molecule has 1 heterocycles. The lowest BCUT2D eigenvalue weighted by Crippen LogP contribution is -2.40. The number of nitrogens with zero attached hydrogens (tertiary/aromatic N) is 3. The van der Waals surface area contributed by atoms with Crippen molar-refractivity contribution in [2.24, 2.45) is 0 Å². The van der Waals surface area contributed by atoms with Crippen molar-refractivity contribution in [1.29, 1.82) is 0 Å². The van der Waals surface area contributed by atoms with Gasteiger partial charge in [-0.15, -0.1) is 16.8 Å². The third-order valence-electron chi connectivity index (χ3n) is 3.64. The number of nitrogen functional groups attached to an aromatic ring is 1. The van der Waals surface area contributed by atoms with Gasteiger partial charge in [0.1, 0.15) is 12.4 Å². The quantitative estimate of drug-likeness (QED) is 0.331. The molecule has 10 heteroatoms. The van der Waals surface area contributed by atoms with Crippen LogP contribution in [0.3, 0.4) is 0 Å². The molecule has 1 aromatic heterocycles. The fourth-order valence-electron chi connectivity index (χ4n) is 2.10. The first-order valence-corrected chi connectivity index (χ1v) is 9.62. The van der Waals surface area contributed by atoms with Crippen LogP contribution in [0.5, 0.6) is 5.75 Å². The van der Waals surface area contributed by atoms with E-state index in [-0.39, 0.29) is 18.9 Å². The van der Waals surface area contributed by atoms with Crippen LogP contribution in [0, 0.1) is 0 Å². The maximum atomic E-state index is 11.8.